The molecule has 3 aromatic rings. The molecule has 0 saturated heterocycles. The highest BCUT2D eigenvalue weighted by molar-refractivity contribution is 6.05. The molecule has 1 unspecified atom stereocenters. The normalized spacial score (nSPS) is 15.3. The molecule has 1 aromatic carbocycles. The number of carbonyl (C=O) groups is 2. The van der Waals surface area contributed by atoms with Crippen LogP contribution in [0.5, 0.6) is 0 Å². The minimum Gasteiger partial charge on any atom is -0.375 e. The molecule has 1 atom stereocenters. The van der Waals surface area contributed by atoms with Gasteiger partial charge in [0.1, 0.15) is 18.3 Å². The largest absolute Gasteiger partial charge is 0.375 e. The molecule has 0 radical (unpaired) electrons. The highest BCUT2D eigenvalue weighted by Gasteiger charge is 2.31. The number of carbonyl (C=O) groups excluding carboxylic acids is 2. The van der Waals surface area contributed by atoms with Gasteiger partial charge in [0.2, 0.25) is 11.8 Å². The molecule has 10 nitrogen and oxygen atoms in total. The van der Waals surface area contributed by atoms with Crippen molar-refractivity contribution in [3.63, 3.8) is 0 Å². The van der Waals surface area contributed by atoms with Crippen molar-refractivity contribution in [2.75, 3.05) is 40.4 Å². The van der Waals surface area contributed by atoms with Gasteiger partial charge in [-0.2, -0.15) is 0 Å². The van der Waals surface area contributed by atoms with E-state index in [-0.39, 0.29) is 24.3 Å². The number of ether oxygens (including phenoxy) is 1. The number of hydrogen-bond acceptors (Lipinski definition) is 6. The smallest absolute Gasteiger partial charge is 0.248 e. The van der Waals surface area contributed by atoms with Crippen LogP contribution in [0.2, 0.25) is 0 Å². The Bertz CT molecular complexity index is 1660. The predicted molar refractivity (Wildman–Crippen MR) is 182 cm³/mol. The highest BCUT2D eigenvalue weighted by Crippen LogP contribution is 2.50. The van der Waals surface area contributed by atoms with E-state index < -0.39 is 0 Å². The molecule has 0 saturated carbocycles. The van der Waals surface area contributed by atoms with Gasteiger partial charge in [0.25, 0.3) is 0 Å². The Hall–Kier alpha value is -4.28. The van der Waals surface area contributed by atoms with E-state index in [1.165, 1.54) is 33.4 Å². The standard InChI is InChI=1S/C36H47N7O3/c1-7-13-42(34(44)19-37-5)20-32-38-17-30(40-32)24-9-11-26-27-12-10-25(16-29(27)36(23(3)4)28(26)15-24)31-18-39-33(41-31)21-43(14-8-2)35(45)22-46-6/h9-12,15,17-18,25,37H,7-8,13-14,16,19-22H2,1-6H3,(H,38,40)(H,39,41). The first-order chi connectivity index (χ1) is 22.3. The van der Waals surface area contributed by atoms with E-state index in [1.807, 2.05) is 17.3 Å². The van der Waals surface area contributed by atoms with Gasteiger partial charge in [-0.05, 0) is 74.1 Å². The summed E-state index contributed by atoms with van der Waals surface area (Å²) in [5.74, 6) is 1.75. The van der Waals surface area contributed by atoms with E-state index in [2.05, 4.69) is 83.3 Å². The SMILES string of the molecule is CCCN(Cc1ncc(-c2ccc3c(c2)C(=C(C)C)C2=C3C=CC(c3cnc(CN(CCC)C(=O)COC)[nH]3)C2)[nH]1)C(=O)CNC. The van der Waals surface area contributed by atoms with Crippen LogP contribution in [0, 0.1) is 0 Å². The predicted octanol–water partition coefficient (Wildman–Crippen LogP) is 5.45. The summed E-state index contributed by atoms with van der Waals surface area (Å²) in [6, 6.07) is 6.63. The number of likely N-dealkylation sites (N-methyl/N-ethyl adjacent to an activating group) is 1. The first-order valence-electron chi connectivity index (χ1n) is 16.3. The van der Waals surface area contributed by atoms with Crippen molar-refractivity contribution in [3.05, 3.63) is 82.4 Å². The number of benzene rings is 1. The number of hydrogen-bond donors (Lipinski definition) is 3. The van der Waals surface area contributed by atoms with Crippen LogP contribution in [0.1, 0.15) is 81.3 Å². The number of nitrogens with one attached hydrogen (secondary N) is 3. The van der Waals surface area contributed by atoms with Crippen molar-refractivity contribution >= 4 is 23.0 Å². The fourth-order valence-electron chi connectivity index (χ4n) is 6.50. The Balaban J connectivity index is 1.33. The summed E-state index contributed by atoms with van der Waals surface area (Å²) in [6.07, 6.45) is 10.9. The van der Waals surface area contributed by atoms with Crippen LogP contribution in [0.3, 0.4) is 0 Å². The third-order valence-corrected chi connectivity index (χ3v) is 8.58. The lowest BCUT2D eigenvalue weighted by atomic mass is 9.85. The Morgan fingerprint density at radius 1 is 0.978 bits per heavy atom. The number of nitrogens with zero attached hydrogens (tertiary/aromatic N) is 4. The van der Waals surface area contributed by atoms with Gasteiger partial charge < -0.3 is 29.8 Å². The Kier molecular flexibility index (Phi) is 10.7. The van der Waals surface area contributed by atoms with Crippen LogP contribution in [0.15, 0.2) is 53.9 Å². The van der Waals surface area contributed by atoms with Crippen LogP contribution in [-0.4, -0.2) is 81.9 Å². The minimum absolute atomic E-state index is 0.0320. The average molecular weight is 626 g/mol. The first kappa shape index (κ1) is 33.1. The number of imidazole rings is 2. The number of allylic oxidation sites excluding steroid dienone is 6. The summed E-state index contributed by atoms with van der Waals surface area (Å²) in [6.45, 7) is 11.1. The van der Waals surface area contributed by atoms with Gasteiger partial charge in [0, 0.05) is 43.6 Å². The zero-order valence-corrected chi connectivity index (χ0v) is 28.0. The van der Waals surface area contributed by atoms with Gasteiger partial charge in [-0.25, -0.2) is 9.97 Å². The second kappa shape index (κ2) is 14.9. The molecule has 2 heterocycles. The monoisotopic (exact) mass is 625 g/mol. The molecule has 5 rings (SSSR count). The van der Waals surface area contributed by atoms with E-state index in [9.17, 15) is 9.59 Å². The Morgan fingerprint density at radius 2 is 1.67 bits per heavy atom. The third kappa shape index (κ3) is 7.08. The number of methoxy groups -OCH3 is 1. The molecule has 244 valence electrons. The van der Waals surface area contributed by atoms with Crippen molar-refractivity contribution in [2.24, 2.45) is 0 Å². The number of H-pyrrole nitrogens is 2. The summed E-state index contributed by atoms with van der Waals surface area (Å²) in [5.41, 5.74) is 10.7. The first-order valence-corrected chi connectivity index (χ1v) is 16.3. The number of aromatic nitrogens is 4. The number of amides is 2. The number of aromatic amines is 2. The highest BCUT2D eigenvalue weighted by atomic mass is 16.5. The molecular formula is C36H47N7O3. The van der Waals surface area contributed by atoms with Gasteiger partial charge >= 0.3 is 0 Å². The van der Waals surface area contributed by atoms with E-state index in [0.717, 1.165) is 47.9 Å². The summed E-state index contributed by atoms with van der Waals surface area (Å²) in [5, 5.41) is 2.96. The molecule has 2 aliphatic rings. The van der Waals surface area contributed by atoms with Crippen LogP contribution in [0.25, 0.3) is 22.4 Å². The van der Waals surface area contributed by atoms with Crippen molar-refractivity contribution in [2.45, 2.75) is 66.0 Å². The average Bonchev–Trinajstić information content (AvgIpc) is 3.78. The second-order valence-corrected chi connectivity index (χ2v) is 12.3. The van der Waals surface area contributed by atoms with E-state index >= 15 is 0 Å². The molecule has 0 aliphatic heterocycles. The zero-order chi connectivity index (χ0) is 32.8. The molecule has 0 spiro atoms. The fraction of sp³-hybridized carbons (Fsp3) is 0.444. The zero-order valence-electron chi connectivity index (χ0n) is 28.0. The summed E-state index contributed by atoms with van der Waals surface area (Å²) in [7, 11) is 3.33. The van der Waals surface area contributed by atoms with Crippen molar-refractivity contribution in [3.8, 4) is 11.3 Å². The lowest BCUT2D eigenvalue weighted by molar-refractivity contribution is -0.136. The Labute approximate surface area is 272 Å². The van der Waals surface area contributed by atoms with Crippen LogP contribution in [-0.2, 0) is 27.4 Å². The van der Waals surface area contributed by atoms with Gasteiger partial charge in [-0.15, -0.1) is 0 Å². The maximum absolute atomic E-state index is 12.6. The molecule has 3 N–H and O–H groups in total. The summed E-state index contributed by atoms with van der Waals surface area (Å²) >= 11 is 0. The molecule has 10 heteroatoms. The van der Waals surface area contributed by atoms with Crippen molar-refractivity contribution < 1.29 is 14.3 Å². The maximum Gasteiger partial charge on any atom is 0.248 e. The number of rotatable bonds is 14. The summed E-state index contributed by atoms with van der Waals surface area (Å²) in [4.78, 5) is 45.0. The van der Waals surface area contributed by atoms with Gasteiger partial charge in [0.15, 0.2) is 0 Å². The van der Waals surface area contributed by atoms with Crippen LogP contribution >= 0.6 is 0 Å². The fourth-order valence-corrected chi connectivity index (χ4v) is 6.50. The molecule has 2 aromatic heterocycles. The number of fused-ring (bicyclic) bond motifs is 2. The van der Waals surface area contributed by atoms with Crippen molar-refractivity contribution in [1.29, 1.82) is 0 Å². The van der Waals surface area contributed by atoms with E-state index in [0.29, 0.717) is 32.7 Å². The van der Waals surface area contributed by atoms with Crippen molar-refractivity contribution in [1.82, 2.24) is 35.1 Å². The molecular weight excluding hydrogens is 578 g/mol. The quantitative estimate of drug-likeness (QED) is 0.219. The third-order valence-electron chi connectivity index (χ3n) is 8.58. The molecule has 2 amide bonds. The van der Waals surface area contributed by atoms with Gasteiger partial charge in [0.05, 0.1) is 31.5 Å². The van der Waals surface area contributed by atoms with Crippen LogP contribution < -0.4 is 5.32 Å². The minimum atomic E-state index is -0.0320. The molecule has 46 heavy (non-hydrogen) atoms. The van der Waals surface area contributed by atoms with Gasteiger partial charge in [-0.3, -0.25) is 9.59 Å². The topological polar surface area (TPSA) is 119 Å². The maximum atomic E-state index is 12.6. The molecule has 0 bridgehead atoms. The Morgan fingerprint density at radius 3 is 2.35 bits per heavy atom. The van der Waals surface area contributed by atoms with Crippen LogP contribution in [0.4, 0.5) is 0 Å². The lowest BCUT2D eigenvalue weighted by Gasteiger charge is -2.21. The van der Waals surface area contributed by atoms with E-state index in [1.54, 1.807) is 19.1 Å². The lowest BCUT2D eigenvalue weighted by Crippen LogP contribution is -2.37. The van der Waals surface area contributed by atoms with Gasteiger partial charge in [-0.1, -0.05) is 43.7 Å². The molecule has 0 fully saturated rings. The second-order valence-electron chi connectivity index (χ2n) is 12.3. The summed E-state index contributed by atoms with van der Waals surface area (Å²) < 4.78 is 5.08. The van der Waals surface area contributed by atoms with E-state index in [4.69, 9.17) is 4.74 Å². The molecule has 2 aliphatic carbocycles.